The quantitative estimate of drug-likeness (QED) is 0.508. The maximum Gasteiger partial charge on any atom is 0.244 e. The van der Waals surface area contributed by atoms with Gasteiger partial charge < -0.3 is 10.2 Å². The van der Waals surface area contributed by atoms with Gasteiger partial charge in [0.25, 0.3) is 0 Å². The maximum absolute atomic E-state index is 13.5. The third-order valence-corrected chi connectivity index (χ3v) is 7.95. The molecule has 1 saturated carbocycles. The lowest BCUT2D eigenvalue weighted by Gasteiger charge is -2.32. The fourth-order valence-corrected chi connectivity index (χ4v) is 5.34. The van der Waals surface area contributed by atoms with Crippen LogP contribution < -0.4 is 9.62 Å². The van der Waals surface area contributed by atoms with Crippen LogP contribution in [0, 0.1) is 5.82 Å². The van der Waals surface area contributed by atoms with Crippen molar-refractivity contribution in [1.29, 1.82) is 0 Å². The van der Waals surface area contributed by atoms with Gasteiger partial charge in [-0.25, -0.2) is 12.8 Å². The topological polar surface area (TPSA) is 86.8 Å². The Hall–Kier alpha value is -2.36. The minimum absolute atomic E-state index is 0.00972. The second-order valence-electron chi connectivity index (χ2n) is 8.66. The smallest absolute Gasteiger partial charge is 0.244 e. The zero-order chi connectivity index (χ0) is 25.8. The molecule has 0 spiro atoms. The first kappa shape index (κ1) is 27.2. The van der Waals surface area contributed by atoms with E-state index in [4.69, 9.17) is 23.2 Å². The highest BCUT2D eigenvalue weighted by molar-refractivity contribution is 7.92. The number of rotatable bonds is 9. The summed E-state index contributed by atoms with van der Waals surface area (Å²) in [7, 11) is -3.94. The van der Waals surface area contributed by atoms with Gasteiger partial charge in [-0.05, 0) is 49.6 Å². The highest BCUT2D eigenvalue weighted by atomic mass is 35.5. The van der Waals surface area contributed by atoms with Crippen molar-refractivity contribution < 1.29 is 22.4 Å². The zero-order valence-corrected chi connectivity index (χ0v) is 21.8. The van der Waals surface area contributed by atoms with Gasteiger partial charge in [-0.2, -0.15) is 0 Å². The van der Waals surface area contributed by atoms with Crippen LogP contribution in [0.2, 0.25) is 10.0 Å². The number of nitrogens with zero attached hydrogens (tertiary/aromatic N) is 2. The van der Waals surface area contributed by atoms with Crippen molar-refractivity contribution in [2.45, 2.75) is 51.2 Å². The van der Waals surface area contributed by atoms with Crippen LogP contribution in [0.3, 0.4) is 0 Å². The van der Waals surface area contributed by atoms with E-state index in [1.165, 1.54) is 47.4 Å². The van der Waals surface area contributed by atoms with Crippen molar-refractivity contribution in [1.82, 2.24) is 10.2 Å². The third-order valence-electron chi connectivity index (χ3n) is 6.01. The van der Waals surface area contributed by atoms with E-state index >= 15 is 0 Å². The number of carbonyl (C=O) groups excluding carboxylic acids is 2. The molecular formula is C24H28Cl2FN3O4S. The fourth-order valence-electron chi connectivity index (χ4n) is 4.04. The molecule has 1 aliphatic carbocycles. The molecule has 1 fully saturated rings. The van der Waals surface area contributed by atoms with E-state index in [0.29, 0.717) is 5.56 Å². The SMILES string of the molecule is C[C@H](C(=O)NC1CCCC1)N(Cc1ccc(F)cc1)C(=O)CN(c1cccc(Cl)c1Cl)S(C)(=O)=O. The molecule has 2 amide bonds. The Labute approximate surface area is 215 Å². The highest BCUT2D eigenvalue weighted by Crippen LogP contribution is 2.33. The van der Waals surface area contributed by atoms with Gasteiger partial charge in [-0.1, -0.05) is 54.2 Å². The van der Waals surface area contributed by atoms with Crippen LogP contribution in [0.5, 0.6) is 0 Å². The number of hydrogen-bond acceptors (Lipinski definition) is 4. The number of halogens is 3. The largest absolute Gasteiger partial charge is 0.352 e. The van der Waals surface area contributed by atoms with Crippen molar-refractivity contribution in [2.75, 3.05) is 17.1 Å². The van der Waals surface area contributed by atoms with E-state index in [0.717, 1.165) is 36.2 Å². The van der Waals surface area contributed by atoms with E-state index in [1.54, 1.807) is 6.92 Å². The first-order valence-corrected chi connectivity index (χ1v) is 13.8. The normalized spacial score (nSPS) is 15.0. The summed E-state index contributed by atoms with van der Waals surface area (Å²) in [5.74, 6) is -1.39. The number of nitrogens with one attached hydrogen (secondary N) is 1. The van der Waals surface area contributed by atoms with Crippen LogP contribution >= 0.6 is 23.2 Å². The van der Waals surface area contributed by atoms with Crippen molar-refractivity contribution in [3.05, 3.63) is 63.9 Å². The van der Waals surface area contributed by atoms with Crippen LogP contribution in [0.4, 0.5) is 10.1 Å². The molecule has 7 nitrogen and oxygen atoms in total. The first-order chi connectivity index (χ1) is 16.5. The van der Waals surface area contributed by atoms with E-state index in [1.807, 2.05) is 0 Å². The lowest BCUT2D eigenvalue weighted by molar-refractivity contribution is -0.139. The lowest BCUT2D eigenvalue weighted by Crippen LogP contribution is -2.52. The molecule has 0 aromatic heterocycles. The van der Waals surface area contributed by atoms with Crippen LogP contribution in [0.15, 0.2) is 42.5 Å². The summed E-state index contributed by atoms with van der Waals surface area (Å²) >= 11 is 12.3. The van der Waals surface area contributed by atoms with Gasteiger partial charge >= 0.3 is 0 Å². The molecular weight excluding hydrogens is 516 g/mol. The number of benzene rings is 2. The Morgan fingerprint density at radius 3 is 2.34 bits per heavy atom. The van der Waals surface area contributed by atoms with Crippen LogP contribution in [-0.4, -0.2) is 50.0 Å². The fraction of sp³-hybridized carbons (Fsp3) is 0.417. The van der Waals surface area contributed by atoms with Crippen molar-refractivity contribution in [3.63, 3.8) is 0 Å². The number of carbonyl (C=O) groups is 2. The number of amides is 2. The molecule has 2 aromatic rings. The molecule has 1 N–H and O–H groups in total. The minimum atomic E-state index is -3.94. The molecule has 35 heavy (non-hydrogen) atoms. The van der Waals surface area contributed by atoms with Crippen LogP contribution in [0.1, 0.15) is 38.2 Å². The van der Waals surface area contributed by atoms with E-state index in [9.17, 15) is 22.4 Å². The molecule has 190 valence electrons. The molecule has 0 bridgehead atoms. The summed E-state index contributed by atoms with van der Waals surface area (Å²) in [4.78, 5) is 27.8. The average molecular weight is 544 g/mol. The molecule has 0 unspecified atom stereocenters. The monoisotopic (exact) mass is 543 g/mol. The van der Waals surface area contributed by atoms with Crippen LogP contribution in [-0.2, 0) is 26.2 Å². The van der Waals surface area contributed by atoms with Gasteiger partial charge in [0.2, 0.25) is 21.8 Å². The Bertz CT molecular complexity index is 1170. The van der Waals surface area contributed by atoms with Crippen LogP contribution in [0.25, 0.3) is 0 Å². The number of hydrogen-bond donors (Lipinski definition) is 1. The van der Waals surface area contributed by atoms with Gasteiger partial charge in [0.15, 0.2) is 0 Å². The second kappa shape index (κ2) is 11.6. The minimum Gasteiger partial charge on any atom is -0.352 e. The van der Waals surface area contributed by atoms with E-state index in [-0.39, 0.29) is 34.2 Å². The highest BCUT2D eigenvalue weighted by Gasteiger charge is 2.32. The Morgan fingerprint density at radius 1 is 1.11 bits per heavy atom. The summed E-state index contributed by atoms with van der Waals surface area (Å²) in [5.41, 5.74) is 0.645. The predicted octanol–water partition coefficient (Wildman–Crippen LogP) is 4.37. The zero-order valence-electron chi connectivity index (χ0n) is 19.5. The molecule has 0 heterocycles. The predicted molar refractivity (Wildman–Crippen MR) is 135 cm³/mol. The molecule has 0 aliphatic heterocycles. The summed E-state index contributed by atoms with van der Waals surface area (Å²) < 4.78 is 39.5. The van der Waals surface area contributed by atoms with E-state index < -0.39 is 34.3 Å². The molecule has 3 rings (SSSR count). The van der Waals surface area contributed by atoms with Gasteiger partial charge in [0, 0.05) is 12.6 Å². The average Bonchev–Trinajstić information content (AvgIpc) is 3.31. The Kier molecular flexibility index (Phi) is 9.01. The molecule has 1 atom stereocenters. The van der Waals surface area contributed by atoms with Gasteiger partial charge in [0.05, 0.1) is 22.0 Å². The molecule has 1 aliphatic rings. The summed E-state index contributed by atoms with van der Waals surface area (Å²) in [6, 6.07) is 9.18. The van der Waals surface area contributed by atoms with Crippen molar-refractivity contribution in [3.8, 4) is 0 Å². The standard InChI is InChI=1S/C24H28Cl2FN3O4S/c1-16(24(32)28-19-6-3-4-7-19)29(14-17-10-12-18(27)13-11-17)22(31)15-30(35(2,33)34)21-9-5-8-20(25)23(21)26/h5,8-13,16,19H,3-4,6-7,14-15H2,1-2H3,(H,28,32)/t16-/m1/s1. The summed E-state index contributed by atoms with van der Waals surface area (Å²) in [6.45, 7) is 0.975. The van der Waals surface area contributed by atoms with Gasteiger partial charge in [0.1, 0.15) is 18.4 Å². The van der Waals surface area contributed by atoms with Gasteiger partial charge in [-0.3, -0.25) is 13.9 Å². The van der Waals surface area contributed by atoms with Crippen molar-refractivity contribution in [2.24, 2.45) is 0 Å². The van der Waals surface area contributed by atoms with Gasteiger partial charge in [-0.15, -0.1) is 0 Å². The Morgan fingerprint density at radius 2 is 1.74 bits per heavy atom. The molecule has 0 radical (unpaired) electrons. The third kappa shape index (κ3) is 7.08. The molecule has 0 saturated heterocycles. The molecule has 11 heteroatoms. The van der Waals surface area contributed by atoms with E-state index in [2.05, 4.69) is 5.32 Å². The summed E-state index contributed by atoms with van der Waals surface area (Å²) in [6.07, 6.45) is 4.76. The maximum atomic E-state index is 13.5. The number of sulfonamides is 1. The lowest BCUT2D eigenvalue weighted by atomic mass is 10.1. The Balaban J connectivity index is 1.90. The number of anilines is 1. The first-order valence-electron chi connectivity index (χ1n) is 11.2. The van der Waals surface area contributed by atoms with Crippen molar-refractivity contribution >= 4 is 50.7 Å². The summed E-state index contributed by atoms with van der Waals surface area (Å²) in [5, 5.41) is 3.10. The molecule has 2 aromatic carbocycles. The second-order valence-corrected chi connectivity index (χ2v) is 11.3.